The van der Waals surface area contributed by atoms with Gasteiger partial charge in [-0.1, -0.05) is 0 Å². The molecule has 0 aromatic rings. The van der Waals surface area contributed by atoms with Gasteiger partial charge in [0.2, 0.25) is 5.91 Å². The summed E-state index contributed by atoms with van der Waals surface area (Å²) in [7, 11) is 0. The number of carbonyl (C=O) groups is 1. The van der Waals surface area contributed by atoms with E-state index < -0.39 is 0 Å². The van der Waals surface area contributed by atoms with Crippen molar-refractivity contribution in [3.05, 3.63) is 0 Å². The molecule has 2 rings (SSSR count). The maximum absolute atomic E-state index is 12.1. The van der Waals surface area contributed by atoms with Crippen molar-refractivity contribution in [2.24, 2.45) is 0 Å². The fourth-order valence-electron chi connectivity index (χ4n) is 2.18. The molecule has 3 nitrogen and oxygen atoms in total. The van der Waals surface area contributed by atoms with Crippen molar-refractivity contribution < 1.29 is 4.79 Å². The van der Waals surface area contributed by atoms with E-state index >= 15 is 0 Å². The molecule has 1 amide bonds. The third-order valence-corrected chi connectivity index (χ3v) is 4.04. The molecule has 2 atom stereocenters. The normalized spacial score (nSPS) is 33.4. The molecule has 0 saturated carbocycles. The molecule has 0 bridgehead atoms. The molecule has 14 heavy (non-hydrogen) atoms. The zero-order chi connectivity index (χ0) is 9.97. The lowest BCUT2D eigenvalue weighted by Crippen LogP contribution is -2.50. The molecule has 0 aromatic carbocycles. The highest BCUT2D eigenvalue weighted by molar-refractivity contribution is 7.99. The van der Waals surface area contributed by atoms with E-state index in [1.165, 1.54) is 19.3 Å². The van der Waals surface area contributed by atoms with Crippen molar-refractivity contribution in [1.82, 2.24) is 10.2 Å². The topological polar surface area (TPSA) is 32.3 Å². The molecule has 2 aliphatic heterocycles. The number of hydrogen-bond donors (Lipinski definition) is 1. The standard InChI is InChI=1S/C10H18N2OS/c1-8-4-2-3-5-12(8)10(13)9-6-14-7-11-9/h8-9,11H,2-7H2,1H3. The first-order valence-corrected chi connectivity index (χ1v) is 6.56. The quantitative estimate of drug-likeness (QED) is 0.708. The van der Waals surface area contributed by atoms with Crippen LogP contribution in [0.2, 0.25) is 0 Å². The van der Waals surface area contributed by atoms with Crippen LogP contribution in [0.15, 0.2) is 0 Å². The molecule has 0 spiro atoms. The van der Waals surface area contributed by atoms with Crippen LogP contribution < -0.4 is 5.32 Å². The highest BCUT2D eigenvalue weighted by Gasteiger charge is 2.30. The van der Waals surface area contributed by atoms with Gasteiger partial charge in [0.15, 0.2) is 0 Å². The Morgan fingerprint density at radius 2 is 2.36 bits per heavy atom. The van der Waals surface area contributed by atoms with E-state index in [0.717, 1.165) is 18.2 Å². The van der Waals surface area contributed by atoms with Gasteiger partial charge in [0.25, 0.3) is 0 Å². The van der Waals surface area contributed by atoms with Crippen LogP contribution in [0.3, 0.4) is 0 Å². The highest BCUT2D eigenvalue weighted by atomic mass is 32.2. The smallest absolute Gasteiger partial charge is 0.240 e. The molecule has 1 N–H and O–H groups in total. The third kappa shape index (κ3) is 2.06. The van der Waals surface area contributed by atoms with Gasteiger partial charge in [0.05, 0.1) is 6.04 Å². The summed E-state index contributed by atoms with van der Waals surface area (Å²) in [6.07, 6.45) is 3.62. The van der Waals surface area contributed by atoms with E-state index in [1.807, 2.05) is 11.8 Å². The number of carbonyl (C=O) groups excluding carboxylic acids is 1. The van der Waals surface area contributed by atoms with Crippen LogP contribution in [-0.4, -0.2) is 41.1 Å². The average molecular weight is 214 g/mol. The summed E-state index contributed by atoms with van der Waals surface area (Å²) in [4.78, 5) is 14.1. The first kappa shape index (κ1) is 10.3. The van der Waals surface area contributed by atoms with Gasteiger partial charge < -0.3 is 4.90 Å². The van der Waals surface area contributed by atoms with Crippen LogP contribution in [-0.2, 0) is 4.79 Å². The van der Waals surface area contributed by atoms with Crippen LogP contribution in [0, 0.1) is 0 Å². The maximum atomic E-state index is 12.1. The predicted molar refractivity (Wildman–Crippen MR) is 59.3 cm³/mol. The van der Waals surface area contributed by atoms with Gasteiger partial charge in [-0.2, -0.15) is 0 Å². The summed E-state index contributed by atoms with van der Waals surface area (Å²) in [6, 6.07) is 0.532. The largest absolute Gasteiger partial charge is 0.339 e. The molecule has 80 valence electrons. The van der Waals surface area contributed by atoms with E-state index in [9.17, 15) is 4.79 Å². The van der Waals surface area contributed by atoms with Crippen molar-refractivity contribution in [2.75, 3.05) is 18.2 Å². The zero-order valence-corrected chi connectivity index (χ0v) is 9.48. The second-order valence-corrected chi connectivity index (χ2v) is 5.18. The summed E-state index contributed by atoms with van der Waals surface area (Å²) in [6.45, 7) is 3.13. The van der Waals surface area contributed by atoms with E-state index in [1.54, 1.807) is 0 Å². The van der Waals surface area contributed by atoms with Crippen LogP contribution in [0.4, 0.5) is 0 Å². The summed E-state index contributed by atoms with van der Waals surface area (Å²) in [5.74, 6) is 2.20. The number of thioether (sulfide) groups is 1. The van der Waals surface area contributed by atoms with Gasteiger partial charge in [0.1, 0.15) is 0 Å². The molecule has 2 fully saturated rings. The zero-order valence-electron chi connectivity index (χ0n) is 8.66. The van der Waals surface area contributed by atoms with E-state index in [4.69, 9.17) is 0 Å². The maximum Gasteiger partial charge on any atom is 0.240 e. The number of nitrogens with one attached hydrogen (secondary N) is 1. The second-order valence-electron chi connectivity index (χ2n) is 4.15. The molecule has 0 radical (unpaired) electrons. The van der Waals surface area contributed by atoms with Crippen LogP contribution >= 0.6 is 11.8 Å². The van der Waals surface area contributed by atoms with Crippen LogP contribution in [0.1, 0.15) is 26.2 Å². The van der Waals surface area contributed by atoms with Gasteiger partial charge in [-0.25, -0.2) is 0 Å². The fraction of sp³-hybridized carbons (Fsp3) is 0.900. The first-order valence-electron chi connectivity index (χ1n) is 5.40. The molecule has 0 aliphatic carbocycles. The predicted octanol–water partition coefficient (Wildman–Crippen LogP) is 1.05. The van der Waals surface area contributed by atoms with Crippen molar-refractivity contribution in [3.8, 4) is 0 Å². The Kier molecular flexibility index (Phi) is 3.34. The average Bonchev–Trinajstić information content (AvgIpc) is 2.70. The molecular weight excluding hydrogens is 196 g/mol. The van der Waals surface area contributed by atoms with Gasteiger partial charge in [-0.15, -0.1) is 11.8 Å². The minimum absolute atomic E-state index is 0.0838. The molecule has 2 aliphatic rings. The lowest BCUT2D eigenvalue weighted by Gasteiger charge is -2.35. The van der Waals surface area contributed by atoms with Crippen LogP contribution in [0.25, 0.3) is 0 Å². The lowest BCUT2D eigenvalue weighted by molar-refractivity contribution is -0.135. The van der Waals surface area contributed by atoms with Gasteiger partial charge in [-0.05, 0) is 26.2 Å². The summed E-state index contributed by atoms with van der Waals surface area (Å²) >= 11 is 1.82. The van der Waals surface area contributed by atoms with Crippen molar-refractivity contribution in [2.45, 2.75) is 38.3 Å². The summed E-state index contributed by atoms with van der Waals surface area (Å²) in [5, 5.41) is 3.25. The minimum Gasteiger partial charge on any atom is -0.339 e. The number of hydrogen-bond acceptors (Lipinski definition) is 3. The number of piperidine rings is 1. The Bertz CT molecular complexity index is 216. The minimum atomic E-state index is 0.0838. The monoisotopic (exact) mass is 214 g/mol. The van der Waals surface area contributed by atoms with Crippen molar-refractivity contribution >= 4 is 17.7 Å². The SMILES string of the molecule is CC1CCCCN1C(=O)C1CSCN1. The van der Waals surface area contributed by atoms with Crippen molar-refractivity contribution in [1.29, 1.82) is 0 Å². The Hall–Kier alpha value is -0.220. The van der Waals surface area contributed by atoms with Crippen LogP contribution in [0.5, 0.6) is 0 Å². The summed E-state index contributed by atoms with van der Waals surface area (Å²) < 4.78 is 0. The number of likely N-dealkylation sites (tertiary alicyclic amines) is 1. The molecular formula is C10H18N2OS. The lowest BCUT2D eigenvalue weighted by atomic mass is 10.0. The molecule has 4 heteroatoms. The van der Waals surface area contributed by atoms with E-state index in [2.05, 4.69) is 17.1 Å². The number of amides is 1. The molecule has 2 unspecified atom stereocenters. The van der Waals surface area contributed by atoms with E-state index in [0.29, 0.717) is 11.9 Å². The number of rotatable bonds is 1. The first-order chi connectivity index (χ1) is 6.79. The van der Waals surface area contributed by atoms with E-state index in [-0.39, 0.29) is 6.04 Å². The highest BCUT2D eigenvalue weighted by Crippen LogP contribution is 2.19. The molecule has 0 aromatic heterocycles. The van der Waals surface area contributed by atoms with Crippen molar-refractivity contribution in [3.63, 3.8) is 0 Å². The summed E-state index contributed by atoms with van der Waals surface area (Å²) in [5.41, 5.74) is 0. The Morgan fingerprint density at radius 1 is 1.50 bits per heavy atom. The number of nitrogens with zero attached hydrogens (tertiary/aromatic N) is 1. The molecule has 2 saturated heterocycles. The second kappa shape index (κ2) is 4.53. The van der Waals surface area contributed by atoms with Gasteiger partial charge in [0, 0.05) is 24.2 Å². The van der Waals surface area contributed by atoms with Gasteiger partial charge in [-0.3, -0.25) is 10.1 Å². The Balaban J connectivity index is 1.94. The fourth-order valence-corrected chi connectivity index (χ4v) is 3.11. The van der Waals surface area contributed by atoms with Gasteiger partial charge >= 0.3 is 0 Å². The Labute approximate surface area is 89.6 Å². The third-order valence-electron chi connectivity index (χ3n) is 3.10. The molecule has 2 heterocycles. The Morgan fingerprint density at radius 3 is 3.00 bits per heavy atom.